The Morgan fingerprint density at radius 3 is 2.55 bits per heavy atom. The molecule has 0 saturated carbocycles. The first kappa shape index (κ1) is 13.5. The number of hydrogen-bond donors (Lipinski definition) is 1. The third-order valence-electron chi connectivity index (χ3n) is 3.85. The van der Waals surface area contributed by atoms with Crippen LogP contribution in [0.3, 0.4) is 0 Å². The molecule has 1 aromatic carbocycles. The lowest BCUT2D eigenvalue weighted by molar-refractivity contribution is 0.214. The number of nitrogens with one attached hydrogen (secondary N) is 1. The van der Waals surface area contributed by atoms with Crippen molar-refractivity contribution in [2.45, 2.75) is 32.7 Å². The van der Waals surface area contributed by atoms with Crippen LogP contribution in [0.25, 0.3) is 5.69 Å². The van der Waals surface area contributed by atoms with Gasteiger partial charge in [-0.05, 0) is 57.2 Å². The first-order valence-electron chi connectivity index (χ1n) is 7.20. The first-order chi connectivity index (χ1) is 9.74. The number of H-pyrrole nitrogens is 1. The summed E-state index contributed by atoms with van der Waals surface area (Å²) < 4.78 is 2.71. The fourth-order valence-corrected chi connectivity index (χ4v) is 2.97. The van der Waals surface area contributed by atoms with Gasteiger partial charge in [-0.3, -0.25) is 14.6 Å². The van der Waals surface area contributed by atoms with E-state index in [2.05, 4.69) is 46.3 Å². The summed E-state index contributed by atoms with van der Waals surface area (Å²) in [4.78, 5) is 2.46. The van der Waals surface area contributed by atoms with Gasteiger partial charge in [-0.2, -0.15) is 5.10 Å². The van der Waals surface area contributed by atoms with Crippen LogP contribution in [0, 0.1) is 11.7 Å². The Morgan fingerprint density at radius 2 is 1.85 bits per heavy atom. The zero-order chi connectivity index (χ0) is 13.9. The first-order valence-corrected chi connectivity index (χ1v) is 7.60. The molecule has 1 N–H and O–H groups in total. The van der Waals surface area contributed by atoms with Crippen LogP contribution in [0.5, 0.6) is 0 Å². The molecule has 1 aromatic heterocycles. The van der Waals surface area contributed by atoms with Gasteiger partial charge in [0.1, 0.15) is 5.82 Å². The predicted molar refractivity (Wildman–Crippen MR) is 82.6 cm³/mol. The fourth-order valence-electron chi connectivity index (χ4n) is 2.71. The molecule has 2 aromatic rings. The Balaban J connectivity index is 1.88. The summed E-state index contributed by atoms with van der Waals surface area (Å²) in [6.45, 7) is 5.27. The van der Waals surface area contributed by atoms with Crippen molar-refractivity contribution in [2.24, 2.45) is 0 Å². The monoisotopic (exact) mass is 288 g/mol. The van der Waals surface area contributed by atoms with E-state index in [4.69, 9.17) is 12.2 Å². The van der Waals surface area contributed by atoms with Crippen LogP contribution >= 0.6 is 12.2 Å². The minimum atomic E-state index is 0.667. The van der Waals surface area contributed by atoms with Crippen molar-refractivity contribution in [1.82, 2.24) is 19.7 Å². The van der Waals surface area contributed by atoms with Crippen LogP contribution < -0.4 is 0 Å². The minimum absolute atomic E-state index is 0.667. The lowest BCUT2D eigenvalue weighted by Gasteiger charge is -2.25. The SMILES string of the molecule is Cc1ccc(-n2c(CN3CCCCC3)n[nH]c2=S)cc1. The van der Waals surface area contributed by atoms with Gasteiger partial charge in [0.2, 0.25) is 0 Å². The smallest absolute Gasteiger partial charge is 0.199 e. The van der Waals surface area contributed by atoms with E-state index < -0.39 is 0 Å². The van der Waals surface area contributed by atoms with Crippen LogP contribution in [0.4, 0.5) is 0 Å². The molecule has 1 saturated heterocycles. The Hall–Kier alpha value is -1.46. The fraction of sp³-hybridized carbons (Fsp3) is 0.467. The third kappa shape index (κ3) is 2.83. The van der Waals surface area contributed by atoms with E-state index in [1.54, 1.807) is 0 Å². The van der Waals surface area contributed by atoms with Crippen LogP contribution in [0.15, 0.2) is 24.3 Å². The Morgan fingerprint density at radius 1 is 1.15 bits per heavy atom. The molecule has 106 valence electrons. The number of aromatic amines is 1. The van der Waals surface area contributed by atoms with Crippen molar-refractivity contribution < 1.29 is 0 Å². The number of hydrogen-bond acceptors (Lipinski definition) is 3. The molecule has 0 unspecified atom stereocenters. The largest absolute Gasteiger partial charge is 0.296 e. The average Bonchev–Trinajstić information content (AvgIpc) is 2.82. The van der Waals surface area contributed by atoms with Gasteiger partial charge in [0.05, 0.1) is 6.54 Å². The Bertz CT molecular complexity index is 620. The highest BCUT2D eigenvalue weighted by molar-refractivity contribution is 7.71. The number of nitrogens with zero attached hydrogens (tertiary/aromatic N) is 3. The molecular formula is C15H20N4S. The van der Waals surface area contributed by atoms with Crippen molar-refractivity contribution in [3.05, 3.63) is 40.4 Å². The number of benzene rings is 1. The normalized spacial score (nSPS) is 16.4. The predicted octanol–water partition coefficient (Wildman–Crippen LogP) is 3.22. The van der Waals surface area contributed by atoms with Gasteiger partial charge in [0.25, 0.3) is 0 Å². The van der Waals surface area contributed by atoms with Gasteiger partial charge in [0.15, 0.2) is 4.77 Å². The maximum Gasteiger partial charge on any atom is 0.199 e. The molecule has 0 amide bonds. The van der Waals surface area contributed by atoms with Crippen LogP contribution in [-0.4, -0.2) is 32.8 Å². The number of rotatable bonds is 3. The van der Waals surface area contributed by atoms with E-state index in [0.29, 0.717) is 4.77 Å². The summed E-state index contributed by atoms with van der Waals surface area (Å²) in [7, 11) is 0. The number of aryl methyl sites for hydroxylation is 1. The highest BCUT2D eigenvalue weighted by atomic mass is 32.1. The second-order valence-corrected chi connectivity index (χ2v) is 5.84. The van der Waals surface area contributed by atoms with Gasteiger partial charge >= 0.3 is 0 Å². The zero-order valence-electron chi connectivity index (χ0n) is 11.8. The average molecular weight is 288 g/mol. The quantitative estimate of drug-likeness (QED) is 0.881. The Labute approximate surface area is 124 Å². The van der Waals surface area contributed by atoms with Crippen LogP contribution in [0.2, 0.25) is 0 Å². The Kier molecular flexibility index (Phi) is 3.98. The molecule has 1 aliphatic heterocycles. The number of aromatic nitrogens is 3. The molecule has 3 rings (SSSR count). The number of piperidine rings is 1. The van der Waals surface area contributed by atoms with Gasteiger partial charge in [0, 0.05) is 5.69 Å². The summed E-state index contributed by atoms with van der Waals surface area (Å²) in [5.74, 6) is 1.00. The van der Waals surface area contributed by atoms with Crippen molar-refractivity contribution in [3.8, 4) is 5.69 Å². The molecular weight excluding hydrogens is 268 g/mol. The van der Waals surface area contributed by atoms with E-state index in [1.165, 1.54) is 24.8 Å². The summed E-state index contributed by atoms with van der Waals surface area (Å²) in [6, 6.07) is 8.41. The lowest BCUT2D eigenvalue weighted by atomic mass is 10.1. The second-order valence-electron chi connectivity index (χ2n) is 5.45. The van der Waals surface area contributed by atoms with Gasteiger partial charge in [-0.25, -0.2) is 0 Å². The van der Waals surface area contributed by atoms with E-state index in [1.807, 2.05) is 4.57 Å². The molecule has 2 heterocycles. The standard InChI is InChI=1S/C15H20N4S/c1-12-5-7-13(8-6-12)19-14(16-17-15(19)20)11-18-9-3-2-4-10-18/h5-8H,2-4,9-11H2,1H3,(H,17,20). The zero-order valence-corrected chi connectivity index (χ0v) is 12.6. The molecule has 5 heteroatoms. The van der Waals surface area contributed by atoms with E-state index >= 15 is 0 Å². The lowest BCUT2D eigenvalue weighted by Crippen LogP contribution is -2.30. The molecule has 1 fully saturated rings. The highest BCUT2D eigenvalue weighted by Gasteiger charge is 2.15. The van der Waals surface area contributed by atoms with E-state index in [9.17, 15) is 0 Å². The van der Waals surface area contributed by atoms with Crippen LogP contribution in [0.1, 0.15) is 30.7 Å². The highest BCUT2D eigenvalue weighted by Crippen LogP contribution is 2.16. The molecule has 0 radical (unpaired) electrons. The summed E-state index contributed by atoms with van der Waals surface area (Å²) in [5, 5.41) is 7.34. The molecule has 0 atom stereocenters. The van der Waals surface area contributed by atoms with E-state index in [-0.39, 0.29) is 0 Å². The topological polar surface area (TPSA) is 36.9 Å². The maximum absolute atomic E-state index is 5.38. The summed E-state index contributed by atoms with van der Waals surface area (Å²) in [5.41, 5.74) is 2.34. The minimum Gasteiger partial charge on any atom is -0.296 e. The summed E-state index contributed by atoms with van der Waals surface area (Å²) in [6.07, 6.45) is 3.92. The van der Waals surface area contributed by atoms with Gasteiger partial charge < -0.3 is 0 Å². The molecule has 1 aliphatic rings. The van der Waals surface area contributed by atoms with Crippen molar-refractivity contribution in [2.75, 3.05) is 13.1 Å². The summed E-state index contributed by atoms with van der Waals surface area (Å²) >= 11 is 5.38. The third-order valence-corrected chi connectivity index (χ3v) is 4.12. The van der Waals surface area contributed by atoms with Gasteiger partial charge in [-0.1, -0.05) is 24.1 Å². The van der Waals surface area contributed by atoms with Crippen molar-refractivity contribution in [3.63, 3.8) is 0 Å². The van der Waals surface area contributed by atoms with Crippen molar-refractivity contribution >= 4 is 12.2 Å². The van der Waals surface area contributed by atoms with Gasteiger partial charge in [-0.15, -0.1) is 0 Å². The number of likely N-dealkylation sites (tertiary alicyclic amines) is 1. The second kappa shape index (κ2) is 5.89. The van der Waals surface area contributed by atoms with Crippen LogP contribution in [-0.2, 0) is 6.54 Å². The van der Waals surface area contributed by atoms with E-state index in [0.717, 1.165) is 31.1 Å². The molecule has 0 aliphatic carbocycles. The molecule has 0 bridgehead atoms. The molecule has 20 heavy (non-hydrogen) atoms. The molecule has 4 nitrogen and oxygen atoms in total. The maximum atomic E-state index is 5.38. The molecule has 0 spiro atoms. The van der Waals surface area contributed by atoms with Crippen molar-refractivity contribution in [1.29, 1.82) is 0 Å².